The van der Waals surface area contributed by atoms with E-state index < -0.39 is 0 Å². The number of piperazine rings is 1. The van der Waals surface area contributed by atoms with Crippen molar-refractivity contribution >= 4 is 28.9 Å². The lowest BCUT2D eigenvalue weighted by Gasteiger charge is -2.37. The minimum absolute atomic E-state index is 0.0203. The zero-order chi connectivity index (χ0) is 14.8. The standard InChI is InChI=1S/C15H21ClN4O/c16-13-8-11(17)3-4-14(13)18-15(21)10-19-6-7-20-5-1-2-12(20)9-19/h3-4,8,12H,1-2,5-7,9-10,17H2,(H,18,21). The van der Waals surface area contributed by atoms with Crippen LogP contribution in [0, 0.1) is 0 Å². The van der Waals surface area contributed by atoms with Crippen molar-refractivity contribution in [3.63, 3.8) is 0 Å². The van der Waals surface area contributed by atoms with E-state index in [1.807, 2.05) is 0 Å². The van der Waals surface area contributed by atoms with Crippen molar-refractivity contribution in [2.75, 3.05) is 43.8 Å². The zero-order valence-electron chi connectivity index (χ0n) is 12.0. The van der Waals surface area contributed by atoms with Gasteiger partial charge in [0.2, 0.25) is 5.91 Å². The minimum atomic E-state index is -0.0203. The van der Waals surface area contributed by atoms with E-state index in [-0.39, 0.29) is 5.91 Å². The third kappa shape index (κ3) is 3.48. The Kier molecular flexibility index (Phi) is 4.33. The molecule has 3 N–H and O–H groups in total. The number of halogens is 1. The molecule has 21 heavy (non-hydrogen) atoms. The summed E-state index contributed by atoms with van der Waals surface area (Å²) in [6.07, 6.45) is 2.54. The second-order valence-electron chi connectivity index (χ2n) is 5.85. The number of rotatable bonds is 3. The van der Waals surface area contributed by atoms with Crippen LogP contribution in [-0.2, 0) is 4.79 Å². The summed E-state index contributed by atoms with van der Waals surface area (Å²) in [5.74, 6) is -0.0203. The highest BCUT2D eigenvalue weighted by molar-refractivity contribution is 6.34. The first-order valence-electron chi connectivity index (χ1n) is 7.43. The summed E-state index contributed by atoms with van der Waals surface area (Å²) in [7, 11) is 0. The van der Waals surface area contributed by atoms with Gasteiger partial charge in [0.1, 0.15) is 0 Å². The highest BCUT2D eigenvalue weighted by atomic mass is 35.5. The van der Waals surface area contributed by atoms with Crippen LogP contribution in [0.5, 0.6) is 0 Å². The molecule has 0 aliphatic carbocycles. The van der Waals surface area contributed by atoms with Crippen LogP contribution < -0.4 is 11.1 Å². The predicted molar refractivity (Wildman–Crippen MR) is 85.5 cm³/mol. The molecule has 2 aliphatic rings. The zero-order valence-corrected chi connectivity index (χ0v) is 12.8. The Morgan fingerprint density at radius 2 is 2.24 bits per heavy atom. The van der Waals surface area contributed by atoms with E-state index in [9.17, 15) is 4.79 Å². The largest absolute Gasteiger partial charge is 0.399 e. The average molecular weight is 309 g/mol. The van der Waals surface area contributed by atoms with Gasteiger partial charge in [0.15, 0.2) is 0 Å². The topological polar surface area (TPSA) is 61.6 Å². The summed E-state index contributed by atoms with van der Waals surface area (Å²) >= 11 is 6.07. The van der Waals surface area contributed by atoms with Crippen molar-refractivity contribution in [2.45, 2.75) is 18.9 Å². The van der Waals surface area contributed by atoms with Gasteiger partial charge < -0.3 is 11.1 Å². The molecule has 2 heterocycles. The molecule has 0 spiro atoms. The Bertz CT molecular complexity index is 536. The number of carbonyl (C=O) groups is 1. The summed E-state index contributed by atoms with van der Waals surface area (Å²) in [6.45, 7) is 4.65. The molecule has 1 amide bonds. The van der Waals surface area contributed by atoms with Crippen molar-refractivity contribution in [2.24, 2.45) is 0 Å². The summed E-state index contributed by atoms with van der Waals surface area (Å²) in [5.41, 5.74) is 6.86. The van der Waals surface area contributed by atoms with Gasteiger partial charge >= 0.3 is 0 Å². The number of nitrogens with zero attached hydrogens (tertiary/aromatic N) is 2. The second kappa shape index (κ2) is 6.22. The Morgan fingerprint density at radius 3 is 3.05 bits per heavy atom. The predicted octanol–water partition coefficient (Wildman–Crippen LogP) is 1.64. The van der Waals surface area contributed by atoms with Gasteiger partial charge in [0.05, 0.1) is 17.3 Å². The van der Waals surface area contributed by atoms with Gasteiger partial charge in [-0.25, -0.2) is 0 Å². The molecule has 0 radical (unpaired) electrons. The maximum atomic E-state index is 12.2. The minimum Gasteiger partial charge on any atom is -0.399 e. The van der Waals surface area contributed by atoms with Crippen LogP contribution in [-0.4, -0.2) is 54.5 Å². The van der Waals surface area contributed by atoms with E-state index >= 15 is 0 Å². The van der Waals surface area contributed by atoms with Crippen molar-refractivity contribution in [1.29, 1.82) is 0 Å². The van der Waals surface area contributed by atoms with Crippen LogP contribution in [0.3, 0.4) is 0 Å². The fourth-order valence-corrected chi connectivity index (χ4v) is 3.46. The van der Waals surface area contributed by atoms with Crippen LogP contribution >= 0.6 is 11.6 Å². The lowest BCUT2D eigenvalue weighted by atomic mass is 10.1. The number of hydrogen-bond donors (Lipinski definition) is 2. The van der Waals surface area contributed by atoms with Crippen LogP contribution in [0.25, 0.3) is 0 Å². The molecule has 0 saturated carbocycles. The summed E-state index contributed by atoms with van der Waals surface area (Å²) in [4.78, 5) is 16.9. The molecule has 3 rings (SSSR count). The molecule has 2 aliphatic heterocycles. The van der Waals surface area contributed by atoms with Crippen molar-refractivity contribution in [3.8, 4) is 0 Å². The third-order valence-corrected chi connectivity index (χ3v) is 4.62. The molecule has 6 heteroatoms. The van der Waals surface area contributed by atoms with Crippen molar-refractivity contribution in [1.82, 2.24) is 9.80 Å². The number of anilines is 2. The molecule has 0 bridgehead atoms. The normalized spacial score (nSPS) is 23.0. The number of hydrogen-bond acceptors (Lipinski definition) is 4. The summed E-state index contributed by atoms with van der Waals surface area (Å²) < 4.78 is 0. The quantitative estimate of drug-likeness (QED) is 0.833. The molecular weight excluding hydrogens is 288 g/mol. The number of carbonyl (C=O) groups excluding carboxylic acids is 1. The van der Waals surface area contributed by atoms with Crippen LogP contribution in [0.4, 0.5) is 11.4 Å². The molecule has 0 aromatic heterocycles. The molecule has 5 nitrogen and oxygen atoms in total. The number of amides is 1. The first-order chi connectivity index (χ1) is 10.1. The number of nitrogens with one attached hydrogen (secondary N) is 1. The molecule has 2 fully saturated rings. The van der Waals surface area contributed by atoms with E-state index in [1.165, 1.54) is 19.4 Å². The summed E-state index contributed by atoms with van der Waals surface area (Å²) in [6, 6.07) is 5.75. The number of nitrogens with two attached hydrogens (primary N) is 1. The second-order valence-corrected chi connectivity index (χ2v) is 6.26. The van der Waals surface area contributed by atoms with Gasteiger partial charge in [0.25, 0.3) is 0 Å². The monoisotopic (exact) mass is 308 g/mol. The van der Waals surface area contributed by atoms with Crippen LogP contribution in [0.1, 0.15) is 12.8 Å². The lowest BCUT2D eigenvalue weighted by molar-refractivity contribution is -0.117. The Balaban J connectivity index is 1.54. The van der Waals surface area contributed by atoms with Gasteiger partial charge in [0, 0.05) is 31.4 Å². The van der Waals surface area contributed by atoms with Gasteiger partial charge in [-0.05, 0) is 37.6 Å². The molecule has 114 valence electrons. The fourth-order valence-electron chi connectivity index (χ4n) is 3.22. The number of nitrogen functional groups attached to an aromatic ring is 1. The van der Waals surface area contributed by atoms with Gasteiger partial charge in [-0.1, -0.05) is 11.6 Å². The molecule has 1 unspecified atom stereocenters. The molecule has 1 aromatic rings. The van der Waals surface area contributed by atoms with Gasteiger partial charge in [-0.2, -0.15) is 0 Å². The Morgan fingerprint density at radius 1 is 1.38 bits per heavy atom. The number of fused-ring (bicyclic) bond motifs is 1. The Hall–Kier alpha value is -1.30. The van der Waals surface area contributed by atoms with Crippen molar-refractivity contribution < 1.29 is 4.79 Å². The van der Waals surface area contributed by atoms with Crippen LogP contribution in [0.15, 0.2) is 18.2 Å². The molecule has 1 aromatic carbocycles. The van der Waals surface area contributed by atoms with Gasteiger partial charge in [-0.3, -0.25) is 14.6 Å². The van der Waals surface area contributed by atoms with Crippen LogP contribution in [0.2, 0.25) is 5.02 Å². The highest BCUT2D eigenvalue weighted by Crippen LogP contribution is 2.24. The van der Waals surface area contributed by atoms with Crippen molar-refractivity contribution in [3.05, 3.63) is 23.2 Å². The number of benzene rings is 1. The van der Waals surface area contributed by atoms with E-state index in [0.717, 1.165) is 19.6 Å². The van der Waals surface area contributed by atoms with Gasteiger partial charge in [-0.15, -0.1) is 0 Å². The Labute approximate surface area is 130 Å². The van der Waals surface area contributed by atoms with E-state index in [0.29, 0.717) is 29.0 Å². The smallest absolute Gasteiger partial charge is 0.238 e. The van der Waals surface area contributed by atoms with E-state index in [2.05, 4.69) is 15.1 Å². The average Bonchev–Trinajstić information content (AvgIpc) is 2.89. The third-order valence-electron chi connectivity index (χ3n) is 4.31. The highest BCUT2D eigenvalue weighted by Gasteiger charge is 2.31. The lowest BCUT2D eigenvalue weighted by Crippen LogP contribution is -2.51. The fraction of sp³-hybridized carbons (Fsp3) is 0.533. The SMILES string of the molecule is Nc1ccc(NC(=O)CN2CCN3CCCC3C2)c(Cl)c1. The van der Waals surface area contributed by atoms with E-state index in [1.54, 1.807) is 18.2 Å². The molecular formula is C15H21ClN4O. The molecule has 1 atom stereocenters. The van der Waals surface area contributed by atoms with E-state index in [4.69, 9.17) is 17.3 Å². The first kappa shape index (κ1) is 14.6. The first-order valence-corrected chi connectivity index (χ1v) is 7.81. The maximum Gasteiger partial charge on any atom is 0.238 e. The molecule has 2 saturated heterocycles. The summed E-state index contributed by atoms with van der Waals surface area (Å²) in [5, 5.41) is 3.34. The maximum absolute atomic E-state index is 12.2.